The van der Waals surface area contributed by atoms with E-state index in [-0.39, 0.29) is 28.7 Å². The van der Waals surface area contributed by atoms with E-state index in [1.165, 1.54) is 30.3 Å². The molecule has 4 aromatic rings. The van der Waals surface area contributed by atoms with E-state index < -0.39 is 12.1 Å². The molecule has 0 aliphatic heterocycles. The molecule has 31 heavy (non-hydrogen) atoms. The third-order valence-corrected chi connectivity index (χ3v) is 4.87. The average molecular weight is 440 g/mol. The number of ether oxygens (including phenoxy) is 1. The second-order valence-corrected chi connectivity index (χ2v) is 7.05. The topological polar surface area (TPSA) is 88.8 Å². The summed E-state index contributed by atoms with van der Waals surface area (Å²) in [5, 5.41) is 12.4. The van der Waals surface area contributed by atoms with E-state index in [0.717, 1.165) is 16.5 Å². The van der Waals surface area contributed by atoms with Gasteiger partial charge in [0.05, 0.1) is 10.7 Å². The van der Waals surface area contributed by atoms with Crippen LogP contribution in [0.25, 0.3) is 22.1 Å². The van der Waals surface area contributed by atoms with Crippen molar-refractivity contribution in [2.75, 3.05) is 5.32 Å². The molecular weight excluding hydrogens is 425 g/mol. The number of carboxylic acid groups (broad SMARTS) is 1. The van der Waals surface area contributed by atoms with Gasteiger partial charge in [-0.3, -0.25) is 5.32 Å². The lowest BCUT2D eigenvalue weighted by Crippen LogP contribution is -2.16. The number of halogens is 2. The van der Waals surface area contributed by atoms with Crippen LogP contribution in [0.5, 0.6) is 0 Å². The first-order chi connectivity index (χ1) is 14.9. The van der Waals surface area contributed by atoms with Crippen LogP contribution >= 0.6 is 11.6 Å². The van der Waals surface area contributed by atoms with Crippen molar-refractivity contribution in [3.8, 4) is 11.1 Å². The number of aromatic carboxylic acids is 1. The Balaban J connectivity index is 1.46. The number of amides is 1. The van der Waals surface area contributed by atoms with Crippen LogP contribution in [0.1, 0.15) is 16.1 Å². The van der Waals surface area contributed by atoms with Gasteiger partial charge in [0, 0.05) is 5.39 Å². The standard InChI is InChI=1S/C23H15ClFNO5/c24-18-2-1-3-19(21(18)22(27)28)26-23(29)30-12-17-11-15-10-14(6-9-20(15)31-17)13-4-7-16(25)8-5-13/h1-11H,12H2,(H,26,29)(H,27,28). The molecule has 0 saturated carbocycles. The average Bonchev–Trinajstić information content (AvgIpc) is 3.15. The normalized spacial score (nSPS) is 10.8. The van der Waals surface area contributed by atoms with E-state index in [4.69, 9.17) is 20.8 Å². The summed E-state index contributed by atoms with van der Waals surface area (Å²) in [5.74, 6) is -1.17. The minimum absolute atomic E-state index is 0.000423. The molecule has 3 aromatic carbocycles. The molecule has 0 bridgehead atoms. The van der Waals surface area contributed by atoms with Crippen LogP contribution in [-0.2, 0) is 11.3 Å². The lowest BCUT2D eigenvalue weighted by Gasteiger charge is -2.09. The highest BCUT2D eigenvalue weighted by molar-refractivity contribution is 6.34. The van der Waals surface area contributed by atoms with Crippen LogP contribution < -0.4 is 5.32 Å². The monoisotopic (exact) mass is 439 g/mol. The zero-order valence-electron chi connectivity index (χ0n) is 15.9. The van der Waals surface area contributed by atoms with E-state index in [2.05, 4.69) is 5.32 Å². The van der Waals surface area contributed by atoms with Gasteiger partial charge < -0.3 is 14.3 Å². The number of carbonyl (C=O) groups is 2. The molecule has 1 amide bonds. The first-order valence-electron chi connectivity index (χ1n) is 9.15. The Morgan fingerprint density at radius 1 is 1.03 bits per heavy atom. The van der Waals surface area contributed by atoms with Crippen LogP contribution in [0.15, 0.2) is 71.1 Å². The Kier molecular flexibility index (Phi) is 5.60. The van der Waals surface area contributed by atoms with Crippen molar-refractivity contribution in [3.05, 3.63) is 88.9 Å². The summed E-state index contributed by atoms with van der Waals surface area (Å²) in [6, 6.07) is 17.8. The molecule has 0 unspecified atom stereocenters. The third kappa shape index (κ3) is 4.51. The zero-order chi connectivity index (χ0) is 22.0. The summed E-state index contributed by atoms with van der Waals surface area (Å²) in [5.41, 5.74) is 2.16. The highest BCUT2D eigenvalue weighted by Crippen LogP contribution is 2.28. The predicted octanol–water partition coefficient (Wildman–Crippen LogP) is 6.34. The van der Waals surface area contributed by atoms with Gasteiger partial charge >= 0.3 is 12.1 Å². The molecule has 0 fully saturated rings. The summed E-state index contributed by atoms with van der Waals surface area (Å²) >= 11 is 5.88. The second-order valence-electron chi connectivity index (χ2n) is 6.64. The molecule has 0 radical (unpaired) electrons. The van der Waals surface area contributed by atoms with Gasteiger partial charge in [0.25, 0.3) is 0 Å². The molecular formula is C23H15ClFNO5. The number of hydrogen-bond donors (Lipinski definition) is 2. The fourth-order valence-electron chi connectivity index (χ4n) is 3.12. The number of benzene rings is 3. The smallest absolute Gasteiger partial charge is 0.412 e. The van der Waals surface area contributed by atoms with Gasteiger partial charge in [-0.25, -0.2) is 14.0 Å². The molecule has 0 atom stereocenters. The highest BCUT2D eigenvalue weighted by Gasteiger charge is 2.17. The maximum Gasteiger partial charge on any atom is 0.412 e. The molecule has 0 saturated heterocycles. The van der Waals surface area contributed by atoms with E-state index in [1.807, 2.05) is 12.1 Å². The van der Waals surface area contributed by atoms with Crippen LogP contribution in [0.2, 0.25) is 5.02 Å². The molecule has 8 heteroatoms. The fraction of sp³-hybridized carbons (Fsp3) is 0.0435. The van der Waals surface area contributed by atoms with Crippen molar-refractivity contribution in [2.24, 2.45) is 0 Å². The minimum Gasteiger partial charge on any atom is -0.478 e. The molecule has 156 valence electrons. The van der Waals surface area contributed by atoms with Gasteiger partial charge in [0.1, 0.15) is 22.7 Å². The zero-order valence-corrected chi connectivity index (χ0v) is 16.7. The van der Waals surface area contributed by atoms with Crippen LogP contribution in [0.4, 0.5) is 14.9 Å². The number of furan rings is 1. The van der Waals surface area contributed by atoms with E-state index in [0.29, 0.717) is 11.3 Å². The molecule has 4 rings (SSSR count). The number of rotatable bonds is 5. The largest absolute Gasteiger partial charge is 0.478 e. The third-order valence-electron chi connectivity index (χ3n) is 4.55. The van der Waals surface area contributed by atoms with Gasteiger partial charge in [0.2, 0.25) is 0 Å². The Labute approximate surface area is 180 Å². The van der Waals surface area contributed by atoms with E-state index in [9.17, 15) is 19.1 Å². The van der Waals surface area contributed by atoms with Crippen molar-refractivity contribution in [2.45, 2.75) is 6.61 Å². The van der Waals surface area contributed by atoms with E-state index in [1.54, 1.807) is 24.3 Å². The first kappa shape index (κ1) is 20.4. The molecule has 0 aliphatic rings. The maximum absolute atomic E-state index is 13.1. The van der Waals surface area contributed by atoms with Gasteiger partial charge in [0.15, 0.2) is 6.61 Å². The van der Waals surface area contributed by atoms with Crippen LogP contribution in [0, 0.1) is 5.82 Å². The summed E-state index contributed by atoms with van der Waals surface area (Å²) in [4.78, 5) is 23.5. The lowest BCUT2D eigenvalue weighted by atomic mass is 10.0. The molecule has 0 spiro atoms. The number of hydrogen-bond acceptors (Lipinski definition) is 4. The molecule has 6 nitrogen and oxygen atoms in total. The summed E-state index contributed by atoms with van der Waals surface area (Å²) in [6.45, 7) is -0.157. The fourth-order valence-corrected chi connectivity index (χ4v) is 3.38. The highest BCUT2D eigenvalue weighted by atomic mass is 35.5. The van der Waals surface area contributed by atoms with Crippen molar-refractivity contribution in [3.63, 3.8) is 0 Å². The summed E-state index contributed by atoms with van der Waals surface area (Å²) in [6.07, 6.45) is -0.850. The van der Waals surface area contributed by atoms with Gasteiger partial charge in [-0.2, -0.15) is 0 Å². The Bertz CT molecular complexity index is 1280. The van der Waals surface area contributed by atoms with Crippen molar-refractivity contribution < 1.29 is 28.2 Å². The number of anilines is 1. The quantitative estimate of drug-likeness (QED) is 0.379. The van der Waals surface area contributed by atoms with E-state index >= 15 is 0 Å². The summed E-state index contributed by atoms with van der Waals surface area (Å²) in [7, 11) is 0. The van der Waals surface area contributed by atoms with Crippen LogP contribution in [0.3, 0.4) is 0 Å². The predicted molar refractivity (Wildman–Crippen MR) is 114 cm³/mol. The SMILES string of the molecule is O=C(Nc1cccc(Cl)c1C(=O)O)OCc1cc2cc(-c3ccc(F)cc3)ccc2o1. The number of carboxylic acids is 1. The molecule has 0 aliphatic carbocycles. The minimum atomic E-state index is -1.27. The Hall–Kier alpha value is -3.84. The van der Waals surface area contributed by atoms with Crippen molar-refractivity contribution >= 4 is 40.3 Å². The second kappa shape index (κ2) is 8.49. The summed E-state index contributed by atoms with van der Waals surface area (Å²) < 4.78 is 24.0. The lowest BCUT2D eigenvalue weighted by molar-refractivity contribution is 0.0698. The number of nitrogens with one attached hydrogen (secondary N) is 1. The first-order valence-corrected chi connectivity index (χ1v) is 9.52. The van der Waals surface area contributed by atoms with Crippen molar-refractivity contribution in [1.29, 1.82) is 0 Å². The molecule has 1 heterocycles. The molecule has 1 aromatic heterocycles. The van der Waals surface area contributed by atoms with Gasteiger partial charge in [-0.1, -0.05) is 35.9 Å². The number of carbonyl (C=O) groups excluding carboxylic acids is 1. The molecule has 2 N–H and O–H groups in total. The van der Waals surface area contributed by atoms with Crippen molar-refractivity contribution in [1.82, 2.24) is 0 Å². The maximum atomic E-state index is 13.1. The van der Waals surface area contributed by atoms with Crippen LogP contribution in [-0.4, -0.2) is 17.2 Å². The Morgan fingerprint density at radius 2 is 1.77 bits per heavy atom. The van der Waals surface area contributed by atoms with Gasteiger partial charge in [-0.05, 0) is 53.6 Å². The Morgan fingerprint density at radius 3 is 2.52 bits per heavy atom. The van der Waals surface area contributed by atoms with Gasteiger partial charge in [-0.15, -0.1) is 0 Å². The number of fused-ring (bicyclic) bond motifs is 1.